The summed E-state index contributed by atoms with van der Waals surface area (Å²) >= 11 is 0. The van der Waals surface area contributed by atoms with Gasteiger partial charge in [-0.1, -0.05) is 62.4 Å². The van der Waals surface area contributed by atoms with Gasteiger partial charge in [-0.25, -0.2) is 4.79 Å². The molecule has 1 saturated carbocycles. The Hall–Kier alpha value is -3.07. The zero-order valence-corrected chi connectivity index (χ0v) is 15.9. The molecule has 0 radical (unpaired) electrons. The van der Waals surface area contributed by atoms with E-state index in [9.17, 15) is 9.59 Å². The molecular formula is C22H26N4O2. The van der Waals surface area contributed by atoms with E-state index in [1.54, 1.807) is 0 Å². The van der Waals surface area contributed by atoms with Crippen LogP contribution in [0.15, 0.2) is 42.5 Å². The smallest absolute Gasteiger partial charge is 0.319 e. The van der Waals surface area contributed by atoms with Crippen molar-refractivity contribution in [2.45, 2.75) is 44.6 Å². The first kappa shape index (κ1) is 19.7. The Morgan fingerprint density at radius 3 is 2.57 bits per heavy atom. The van der Waals surface area contributed by atoms with E-state index in [0.29, 0.717) is 18.0 Å². The zero-order chi connectivity index (χ0) is 19.8. The van der Waals surface area contributed by atoms with E-state index in [2.05, 4.69) is 16.0 Å². The monoisotopic (exact) mass is 378 g/mol. The second-order valence-electron chi connectivity index (χ2n) is 7.33. The summed E-state index contributed by atoms with van der Waals surface area (Å²) in [6.45, 7) is -0.0615. The van der Waals surface area contributed by atoms with E-state index in [0.717, 1.165) is 23.6 Å². The molecular weight excluding hydrogens is 352 g/mol. The van der Waals surface area contributed by atoms with Gasteiger partial charge in [0.25, 0.3) is 0 Å². The molecule has 0 heterocycles. The number of hydrogen-bond donors (Lipinski definition) is 3. The second-order valence-corrected chi connectivity index (χ2v) is 7.33. The molecule has 6 nitrogen and oxygen atoms in total. The van der Waals surface area contributed by atoms with Gasteiger partial charge in [-0.05, 0) is 35.2 Å². The second kappa shape index (κ2) is 9.75. The molecule has 0 saturated heterocycles. The molecule has 2 aromatic rings. The molecule has 0 bridgehead atoms. The van der Waals surface area contributed by atoms with Crippen LogP contribution in [0.3, 0.4) is 0 Å². The number of rotatable bonds is 6. The maximum Gasteiger partial charge on any atom is 0.319 e. The van der Waals surface area contributed by atoms with Crippen molar-refractivity contribution in [1.29, 1.82) is 5.26 Å². The van der Waals surface area contributed by atoms with E-state index in [-0.39, 0.29) is 12.5 Å². The van der Waals surface area contributed by atoms with Crippen molar-refractivity contribution in [3.63, 3.8) is 0 Å². The Bertz CT molecular complexity index is 868. The number of anilines is 1. The number of amides is 3. The number of nitrogens with zero attached hydrogens (tertiary/aromatic N) is 1. The molecule has 0 aliphatic heterocycles. The molecule has 0 unspecified atom stereocenters. The molecule has 146 valence electrons. The lowest BCUT2D eigenvalue weighted by molar-refractivity contribution is -0.123. The molecule has 28 heavy (non-hydrogen) atoms. The summed E-state index contributed by atoms with van der Waals surface area (Å²) in [5.41, 5.74) is 0.671. The largest absolute Gasteiger partial charge is 0.341 e. The van der Waals surface area contributed by atoms with Gasteiger partial charge >= 0.3 is 6.03 Å². The van der Waals surface area contributed by atoms with E-state index in [4.69, 9.17) is 5.26 Å². The minimum absolute atomic E-state index is 0.0615. The molecule has 1 atom stereocenters. The summed E-state index contributed by atoms with van der Waals surface area (Å²) < 4.78 is 0. The maximum atomic E-state index is 12.5. The summed E-state index contributed by atoms with van der Waals surface area (Å²) in [6, 6.07) is 14.5. The van der Waals surface area contributed by atoms with Gasteiger partial charge in [0, 0.05) is 5.69 Å². The van der Waals surface area contributed by atoms with Crippen molar-refractivity contribution in [3.05, 3.63) is 42.5 Å². The fourth-order valence-electron chi connectivity index (χ4n) is 3.83. The first-order valence-corrected chi connectivity index (χ1v) is 9.86. The predicted molar refractivity (Wildman–Crippen MR) is 110 cm³/mol. The van der Waals surface area contributed by atoms with Gasteiger partial charge < -0.3 is 16.0 Å². The number of carbonyl (C=O) groups is 2. The molecule has 3 amide bonds. The average Bonchev–Trinajstić information content (AvgIpc) is 2.72. The Kier molecular flexibility index (Phi) is 6.85. The summed E-state index contributed by atoms with van der Waals surface area (Å²) in [5.74, 6) is 0.119. The summed E-state index contributed by atoms with van der Waals surface area (Å²) in [7, 11) is 0. The molecule has 1 aliphatic carbocycles. The van der Waals surface area contributed by atoms with Gasteiger partial charge in [-0.15, -0.1) is 0 Å². The highest BCUT2D eigenvalue weighted by Crippen LogP contribution is 2.27. The first-order chi connectivity index (χ1) is 13.7. The summed E-state index contributed by atoms with van der Waals surface area (Å²) in [5, 5.41) is 19.0. The third-order valence-electron chi connectivity index (χ3n) is 5.26. The number of fused-ring (bicyclic) bond motifs is 1. The van der Waals surface area contributed by atoms with Crippen LogP contribution >= 0.6 is 0 Å². The van der Waals surface area contributed by atoms with Crippen LogP contribution in [0.2, 0.25) is 0 Å². The van der Waals surface area contributed by atoms with E-state index in [1.165, 1.54) is 19.3 Å². The number of carbonyl (C=O) groups excluding carboxylic acids is 2. The molecule has 1 aliphatic rings. The topological polar surface area (TPSA) is 94.0 Å². The number of benzene rings is 2. The molecule has 3 rings (SSSR count). The van der Waals surface area contributed by atoms with E-state index < -0.39 is 12.1 Å². The van der Waals surface area contributed by atoms with Crippen molar-refractivity contribution < 1.29 is 9.59 Å². The van der Waals surface area contributed by atoms with Crippen LogP contribution in [0, 0.1) is 17.2 Å². The van der Waals surface area contributed by atoms with Crippen LogP contribution in [0.4, 0.5) is 10.5 Å². The Labute approximate surface area is 165 Å². The molecule has 0 spiro atoms. The highest BCUT2D eigenvalue weighted by Gasteiger charge is 2.25. The van der Waals surface area contributed by atoms with Crippen LogP contribution in [0.5, 0.6) is 0 Å². The highest BCUT2D eigenvalue weighted by molar-refractivity contribution is 5.96. The van der Waals surface area contributed by atoms with Gasteiger partial charge in [0.15, 0.2) is 0 Å². The number of nitrogens with one attached hydrogen (secondary N) is 3. The van der Waals surface area contributed by atoms with Gasteiger partial charge in [-0.2, -0.15) is 5.26 Å². The van der Waals surface area contributed by atoms with Crippen LogP contribution in [0.1, 0.15) is 38.5 Å². The normalized spacial score (nSPS) is 15.4. The van der Waals surface area contributed by atoms with Gasteiger partial charge in [0.2, 0.25) is 5.91 Å². The third kappa shape index (κ3) is 5.46. The van der Waals surface area contributed by atoms with Crippen LogP contribution in [0.25, 0.3) is 10.8 Å². The van der Waals surface area contributed by atoms with E-state index in [1.807, 2.05) is 48.5 Å². The number of hydrogen-bond acceptors (Lipinski definition) is 3. The van der Waals surface area contributed by atoms with Crippen molar-refractivity contribution in [2.75, 3.05) is 11.9 Å². The van der Waals surface area contributed by atoms with Crippen molar-refractivity contribution in [1.82, 2.24) is 10.6 Å². The zero-order valence-electron chi connectivity index (χ0n) is 15.9. The quantitative estimate of drug-likeness (QED) is 0.665. The van der Waals surface area contributed by atoms with E-state index >= 15 is 0 Å². The van der Waals surface area contributed by atoms with Gasteiger partial charge in [0.05, 0.1) is 6.07 Å². The minimum atomic E-state index is -0.642. The number of nitriles is 1. The standard InChI is InChI=1S/C22H26N4O2/c23-12-13-24-21(27)20(14-16-6-2-1-3-7-16)26-22(28)25-19-11-10-17-8-4-5-9-18(17)15-19/h4-5,8-11,15-16,20H,1-3,6-7,13-14H2,(H,24,27)(H2,25,26,28)/t20-/m0/s1. The molecule has 6 heteroatoms. The van der Waals surface area contributed by atoms with Crippen molar-refractivity contribution >= 4 is 28.4 Å². The molecule has 1 fully saturated rings. The van der Waals surface area contributed by atoms with Crippen molar-refractivity contribution in [2.24, 2.45) is 5.92 Å². The van der Waals surface area contributed by atoms with Gasteiger partial charge in [-0.3, -0.25) is 4.79 Å². The minimum Gasteiger partial charge on any atom is -0.341 e. The highest BCUT2D eigenvalue weighted by atomic mass is 16.2. The van der Waals surface area contributed by atoms with Gasteiger partial charge in [0.1, 0.15) is 12.6 Å². The SMILES string of the molecule is N#CCNC(=O)[C@H](CC1CCCCC1)NC(=O)Nc1ccc2ccccc2c1. The predicted octanol–water partition coefficient (Wildman–Crippen LogP) is 3.94. The Morgan fingerprint density at radius 2 is 1.82 bits per heavy atom. The first-order valence-electron chi connectivity index (χ1n) is 9.86. The Balaban J connectivity index is 1.64. The Morgan fingerprint density at radius 1 is 1.07 bits per heavy atom. The van der Waals surface area contributed by atoms with Crippen LogP contribution in [-0.4, -0.2) is 24.5 Å². The molecule has 3 N–H and O–H groups in total. The lowest BCUT2D eigenvalue weighted by Crippen LogP contribution is -2.49. The van der Waals surface area contributed by atoms with Crippen molar-refractivity contribution in [3.8, 4) is 6.07 Å². The maximum absolute atomic E-state index is 12.5. The summed E-state index contributed by atoms with van der Waals surface area (Å²) in [4.78, 5) is 24.9. The average molecular weight is 378 g/mol. The fraction of sp³-hybridized carbons (Fsp3) is 0.409. The number of urea groups is 1. The lowest BCUT2D eigenvalue weighted by atomic mass is 9.84. The third-order valence-corrected chi connectivity index (χ3v) is 5.26. The molecule has 2 aromatic carbocycles. The fourth-order valence-corrected chi connectivity index (χ4v) is 3.83. The van der Waals surface area contributed by atoms with Crippen LogP contribution in [-0.2, 0) is 4.79 Å². The molecule has 0 aromatic heterocycles. The lowest BCUT2D eigenvalue weighted by Gasteiger charge is -2.26. The summed E-state index contributed by atoms with van der Waals surface area (Å²) in [6.07, 6.45) is 6.33. The van der Waals surface area contributed by atoms with Crippen LogP contribution < -0.4 is 16.0 Å².